The molecule has 0 radical (unpaired) electrons. The van der Waals surface area contributed by atoms with Crippen molar-refractivity contribution in [2.75, 3.05) is 20.8 Å². The van der Waals surface area contributed by atoms with Gasteiger partial charge in [0.2, 0.25) is 0 Å². The highest BCUT2D eigenvalue weighted by atomic mass is 35.5. The number of hydrogen-bond acceptors (Lipinski definition) is 8. The molecule has 0 spiro atoms. The number of ether oxygens (including phenoxy) is 3. The van der Waals surface area contributed by atoms with E-state index in [1.165, 1.54) is 30.1 Å². The molecule has 0 unspecified atom stereocenters. The van der Waals surface area contributed by atoms with Crippen LogP contribution in [-0.2, 0) is 9.53 Å². The highest BCUT2D eigenvalue weighted by molar-refractivity contribution is 7.07. The standard InChI is InChI=1S/C29H24Cl2N2O6S/c1-5-38-28(35)25-15(2)32-29-33(26(25)16-6-10-22(36-3)23(12-16)37-4)27(34)24(40-29)14-18-8-11-21(39-18)19-9-7-17(30)13-20(19)31/h6-14,26H,5H2,1-4H3/b24-14-/t26-/m1/s1. The molecule has 1 aliphatic rings. The van der Waals surface area contributed by atoms with Crippen molar-refractivity contribution in [3.05, 3.63) is 101 Å². The topological polar surface area (TPSA) is 92.3 Å². The molecule has 1 aliphatic heterocycles. The number of fused-ring (bicyclic) bond motifs is 1. The van der Waals surface area contributed by atoms with E-state index >= 15 is 0 Å². The van der Waals surface area contributed by atoms with E-state index in [1.807, 2.05) is 0 Å². The predicted molar refractivity (Wildman–Crippen MR) is 154 cm³/mol. The first-order chi connectivity index (χ1) is 19.2. The first kappa shape index (κ1) is 27.8. The first-order valence-corrected chi connectivity index (χ1v) is 13.8. The molecule has 0 amide bonds. The maximum absolute atomic E-state index is 13.9. The van der Waals surface area contributed by atoms with Gasteiger partial charge >= 0.3 is 5.97 Å². The Hall–Kier alpha value is -3.79. The molecule has 0 aliphatic carbocycles. The summed E-state index contributed by atoms with van der Waals surface area (Å²) in [6.07, 6.45) is 1.65. The zero-order valence-electron chi connectivity index (χ0n) is 22.0. The first-order valence-electron chi connectivity index (χ1n) is 12.2. The summed E-state index contributed by atoms with van der Waals surface area (Å²) in [7, 11) is 3.06. The van der Waals surface area contributed by atoms with Crippen LogP contribution in [0.25, 0.3) is 17.4 Å². The number of carbonyl (C=O) groups is 1. The Morgan fingerprint density at radius 2 is 1.88 bits per heavy atom. The van der Waals surface area contributed by atoms with Gasteiger partial charge < -0.3 is 18.6 Å². The molecule has 0 fully saturated rings. The molecule has 3 heterocycles. The van der Waals surface area contributed by atoms with Gasteiger partial charge in [-0.1, -0.05) is 40.6 Å². The SMILES string of the molecule is CCOC(=O)C1=C(C)N=c2s/c(=C\c3ccc(-c4ccc(Cl)cc4Cl)o3)c(=O)n2[C@@H]1c1ccc(OC)c(OC)c1. The van der Waals surface area contributed by atoms with Crippen LogP contribution in [0.1, 0.15) is 31.2 Å². The van der Waals surface area contributed by atoms with Gasteiger partial charge in [-0.05, 0) is 61.9 Å². The van der Waals surface area contributed by atoms with Crippen LogP contribution in [0.4, 0.5) is 0 Å². The van der Waals surface area contributed by atoms with Gasteiger partial charge in [-0.3, -0.25) is 9.36 Å². The summed E-state index contributed by atoms with van der Waals surface area (Å²) in [5.41, 5.74) is 1.71. The van der Waals surface area contributed by atoms with Gasteiger partial charge in [-0.15, -0.1) is 0 Å². The predicted octanol–water partition coefficient (Wildman–Crippen LogP) is 5.38. The summed E-state index contributed by atoms with van der Waals surface area (Å²) in [5.74, 6) is 1.42. The van der Waals surface area contributed by atoms with E-state index in [4.69, 9.17) is 41.8 Å². The zero-order chi connectivity index (χ0) is 28.6. The molecule has 4 aromatic rings. The minimum atomic E-state index is -0.794. The number of hydrogen-bond donors (Lipinski definition) is 0. The number of furan rings is 1. The van der Waals surface area contributed by atoms with Crippen molar-refractivity contribution in [3.8, 4) is 22.8 Å². The molecular formula is C29H24Cl2N2O6S. The molecule has 0 saturated heterocycles. The van der Waals surface area contributed by atoms with Crippen LogP contribution in [0.15, 0.2) is 74.0 Å². The molecule has 0 bridgehead atoms. The van der Waals surface area contributed by atoms with Crippen molar-refractivity contribution in [1.82, 2.24) is 4.57 Å². The Bertz CT molecular complexity index is 1840. The summed E-state index contributed by atoms with van der Waals surface area (Å²) in [6, 6.07) is 13.1. The lowest BCUT2D eigenvalue weighted by atomic mass is 9.95. The lowest BCUT2D eigenvalue weighted by molar-refractivity contribution is -0.139. The van der Waals surface area contributed by atoms with Crippen molar-refractivity contribution in [2.45, 2.75) is 19.9 Å². The lowest BCUT2D eigenvalue weighted by Gasteiger charge is -2.25. The maximum atomic E-state index is 13.9. The fourth-order valence-corrected chi connectivity index (χ4v) is 6.05. The van der Waals surface area contributed by atoms with Crippen molar-refractivity contribution < 1.29 is 23.4 Å². The summed E-state index contributed by atoms with van der Waals surface area (Å²) >= 11 is 13.6. The van der Waals surface area contributed by atoms with Gasteiger partial charge in [0, 0.05) is 16.7 Å². The molecule has 11 heteroatoms. The molecule has 1 atom stereocenters. The number of aromatic nitrogens is 1. The van der Waals surface area contributed by atoms with Gasteiger partial charge in [0.05, 0.1) is 47.7 Å². The molecule has 2 aromatic carbocycles. The molecule has 40 heavy (non-hydrogen) atoms. The molecule has 0 saturated carbocycles. The number of benzene rings is 2. The molecule has 5 rings (SSSR count). The van der Waals surface area contributed by atoms with E-state index < -0.39 is 12.0 Å². The number of methoxy groups -OCH3 is 2. The van der Waals surface area contributed by atoms with E-state index in [0.29, 0.717) is 59.2 Å². The van der Waals surface area contributed by atoms with Crippen molar-refractivity contribution >= 4 is 46.6 Å². The molecule has 2 aromatic heterocycles. The normalized spacial score (nSPS) is 15.1. The Morgan fingerprint density at radius 3 is 2.58 bits per heavy atom. The third kappa shape index (κ3) is 5.08. The second-order valence-electron chi connectivity index (χ2n) is 8.74. The van der Waals surface area contributed by atoms with E-state index in [1.54, 1.807) is 68.5 Å². The van der Waals surface area contributed by atoms with Crippen molar-refractivity contribution in [3.63, 3.8) is 0 Å². The maximum Gasteiger partial charge on any atom is 0.338 e. The van der Waals surface area contributed by atoms with Crippen molar-refractivity contribution in [2.24, 2.45) is 4.99 Å². The zero-order valence-corrected chi connectivity index (χ0v) is 24.3. The van der Waals surface area contributed by atoms with E-state index in [0.717, 1.165) is 0 Å². The van der Waals surface area contributed by atoms with Crippen LogP contribution in [0.3, 0.4) is 0 Å². The van der Waals surface area contributed by atoms with Crippen LogP contribution in [0.5, 0.6) is 11.5 Å². The summed E-state index contributed by atoms with van der Waals surface area (Å²) < 4.78 is 24.1. The van der Waals surface area contributed by atoms with Gasteiger partial charge in [0.15, 0.2) is 16.3 Å². The van der Waals surface area contributed by atoms with Gasteiger partial charge in [-0.25, -0.2) is 9.79 Å². The average molecular weight is 599 g/mol. The van der Waals surface area contributed by atoms with E-state index in [2.05, 4.69) is 4.99 Å². The minimum Gasteiger partial charge on any atom is -0.493 e. The number of rotatable bonds is 7. The fourth-order valence-electron chi connectivity index (χ4n) is 4.52. The minimum absolute atomic E-state index is 0.178. The Morgan fingerprint density at radius 1 is 1.10 bits per heavy atom. The van der Waals surface area contributed by atoms with Gasteiger partial charge in [0.25, 0.3) is 5.56 Å². The second kappa shape index (κ2) is 11.4. The summed E-state index contributed by atoms with van der Waals surface area (Å²) in [5, 5.41) is 0.966. The number of halogens is 2. The average Bonchev–Trinajstić information content (AvgIpc) is 3.51. The van der Waals surface area contributed by atoms with Gasteiger partial charge in [-0.2, -0.15) is 0 Å². The lowest BCUT2D eigenvalue weighted by Crippen LogP contribution is -2.39. The molecule has 8 nitrogen and oxygen atoms in total. The highest BCUT2D eigenvalue weighted by Gasteiger charge is 2.34. The monoisotopic (exact) mass is 598 g/mol. The smallest absolute Gasteiger partial charge is 0.338 e. The van der Waals surface area contributed by atoms with E-state index in [9.17, 15) is 9.59 Å². The summed E-state index contributed by atoms with van der Waals surface area (Å²) in [6.45, 7) is 3.63. The second-order valence-corrected chi connectivity index (χ2v) is 10.6. The van der Waals surface area contributed by atoms with Gasteiger partial charge in [0.1, 0.15) is 11.5 Å². The number of esters is 1. The number of carbonyl (C=O) groups excluding carboxylic acids is 1. The number of nitrogens with zero attached hydrogens (tertiary/aromatic N) is 2. The molecular weight excluding hydrogens is 575 g/mol. The Kier molecular flexibility index (Phi) is 7.89. The van der Waals surface area contributed by atoms with Crippen LogP contribution in [0, 0.1) is 0 Å². The number of allylic oxidation sites excluding steroid dienone is 1. The van der Waals surface area contributed by atoms with Crippen molar-refractivity contribution in [1.29, 1.82) is 0 Å². The van der Waals surface area contributed by atoms with Crippen LogP contribution in [0.2, 0.25) is 10.0 Å². The Labute approximate surface area is 243 Å². The third-order valence-electron chi connectivity index (χ3n) is 6.34. The molecule has 0 N–H and O–H groups in total. The highest BCUT2D eigenvalue weighted by Crippen LogP contribution is 2.36. The largest absolute Gasteiger partial charge is 0.493 e. The quantitative estimate of drug-likeness (QED) is 0.265. The van der Waals surface area contributed by atoms with E-state index in [-0.39, 0.29) is 17.7 Å². The van der Waals surface area contributed by atoms with Crippen LogP contribution < -0.4 is 24.4 Å². The number of thiazole rings is 1. The van der Waals surface area contributed by atoms with Crippen LogP contribution >= 0.6 is 34.5 Å². The molecule has 206 valence electrons. The van der Waals surface area contributed by atoms with Crippen LogP contribution in [-0.4, -0.2) is 31.4 Å². The Balaban J connectivity index is 1.65. The third-order valence-corrected chi connectivity index (χ3v) is 7.87. The fraction of sp³-hybridized carbons (Fsp3) is 0.207. The summed E-state index contributed by atoms with van der Waals surface area (Å²) in [4.78, 5) is 32.0.